The third-order valence-electron chi connectivity index (χ3n) is 11.9. The highest BCUT2D eigenvalue weighted by Crippen LogP contribution is 2.44. The Morgan fingerprint density at radius 3 is 1.21 bits per heavy atom. The van der Waals surface area contributed by atoms with E-state index in [1.54, 1.807) is 0 Å². The number of rotatable bonds is 9. The SMILES string of the molecule is c1ccc(-c2ccccc2-c2ccccc2-c2ccccc2-c2ccc(N(c3ccc(-c4ccc5oc6ccccc6c5c4)cc3)c3ccccc3-c3ccccc3)cc2)cc1. The molecule has 10 aromatic carbocycles. The molecule has 0 radical (unpaired) electrons. The van der Waals surface area contributed by atoms with Gasteiger partial charge in [0.25, 0.3) is 0 Å². The lowest BCUT2D eigenvalue weighted by molar-refractivity contribution is 0.669. The lowest BCUT2D eigenvalue weighted by atomic mass is 9.87. The Kier molecular flexibility index (Phi) is 9.57. The van der Waals surface area contributed by atoms with Crippen molar-refractivity contribution in [3.63, 3.8) is 0 Å². The van der Waals surface area contributed by atoms with Crippen LogP contribution in [-0.4, -0.2) is 0 Å². The number of para-hydroxylation sites is 2. The van der Waals surface area contributed by atoms with Crippen LogP contribution in [0, 0.1) is 0 Å². The van der Waals surface area contributed by atoms with Crippen LogP contribution in [0.1, 0.15) is 0 Å². The van der Waals surface area contributed by atoms with E-state index in [4.69, 9.17) is 4.42 Å². The van der Waals surface area contributed by atoms with E-state index in [0.29, 0.717) is 0 Å². The summed E-state index contributed by atoms with van der Waals surface area (Å²) >= 11 is 0. The van der Waals surface area contributed by atoms with E-state index in [9.17, 15) is 0 Å². The van der Waals surface area contributed by atoms with Crippen LogP contribution in [0.25, 0.3) is 88.7 Å². The number of furan rings is 1. The summed E-state index contributed by atoms with van der Waals surface area (Å²) < 4.78 is 6.14. The first-order chi connectivity index (χ1) is 30.8. The zero-order chi connectivity index (χ0) is 41.2. The van der Waals surface area contributed by atoms with Crippen molar-refractivity contribution < 1.29 is 4.42 Å². The Hall–Kier alpha value is -8.20. The van der Waals surface area contributed by atoms with E-state index in [-0.39, 0.29) is 0 Å². The standard InChI is InChI=1S/C60H41NO/c1-3-17-43(18-4-1)49-21-7-9-24-52(49)54-26-11-12-27-55(54)53-25-10-8-22-50(53)45-33-38-48(39-34-45)61(58-29-15-13-23-51(58)44-19-5-2-6-20-44)47-36-31-42(32-37-47)46-35-40-60-57(41-46)56-28-14-16-30-59(56)62-60/h1-41H. The summed E-state index contributed by atoms with van der Waals surface area (Å²) in [4.78, 5) is 2.38. The van der Waals surface area contributed by atoms with Gasteiger partial charge in [-0.2, -0.15) is 0 Å². The predicted molar refractivity (Wildman–Crippen MR) is 261 cm³/mol. The molecule has 11 aromatic rings. The monoisotopic (exact) mass is 791 g/mol. The zero-order valence-electron chi connectivity index (χ0n) is 34.0. The molecule has 292 valence electrons. The van der Waals surface area contributed by atoms with Crippen molar-refractivity contribution in [1.29, 1.82) is 0 Å². The summed E-state index contributed by atoms with van der Waals surface area (Å²) in [6.07, 6.45) is 0. The normalized spacial score (nSPS) is 11.2. The smallest absolute Gasteiger partial charge is 0.135 e. The van der Waals surface area contributed by atoms with Gasteiger partial charge < -0.3 is 9.32 Å². The minimum Gasteiger partial charge on any atom is -0.456 e. The molecule has 2 heteroatoms. The van der Waals surface area contributed by atoms with Gasteiger partial charge in [-0.05, 0) is 110 Å². The summed E-state index contributed by atoms with van der Waals surface area (Å²) in [7, 11) is 0. The molecule has 0 spiro atoms. The quantitative estimate of drug-likeness (QED) is 0.145. The molecule has 0 bridgehead atoms. The zero-order valence-corrected chi connectivity index (χ0v) is 34.0. The van der Waals surface area contributed by atoms with Crippen molar-refractivity contribution in [2.45, 2.75) is 0 Å². The van der Waals surface area contributed by atoms with Gasteiger partial charge in [0.05, 0.1) is 5.69 Å². The van der Waals surface area contributed by atoms with E-state index < -0.39 is 0 Å². The average Bonchev–Trinajstić information content (AvgIpc) is 3.73. The maximum absolute atomic E-state index is 6.14. The number of hydrogen-bond donors (Lipinski definition) is 0. The Balaban J connectivity index is 0.994. The fourth-order valence-corrected chi connectivity index (χ4v) is 8.97. The van der Waals surface area contributed by atoms with Crippen LogP contribution in [0.2, 0.25) is 0 Å². The van der Waals surface area contributed by atoms with Crippen LogP contribution in [0.3, 0.4) is 0 Å². The second-order valence-corrected chi connectivity index (χ2v) is 15.6. The van der Waals surface area contributed by atoms with Crippen molar-refractivity contribution in [2.75, 3.05) is 4.90 Å². The highest BCUT2D eigenvalue weighted by molar-refractivity contribution is 6.06. The second kappa shape index (κ2) is 16.1. The van der Waals surface area contributed by atoms with Crippen molar-refractivity contribution in [2.24, 2.45) is 0 Å². The minimum atomic E-state index is 0.902. The van der Waals surface area contributed by atoms with Crippen molar-refractivity contribution in [3.8, 4) is 66.8 Å². The van der Waals surface area contributed by atoms with Gasteiger partial charge >= 0.3 is 0 Å². The van der Waals surface area contributed by atoms with Crippen LogP contribution < -0.4 is 4.90 Å². The van der Waals surface area contributed by atoms with E-state index >= 15 is 0 Å². The van der Waals surface area contributed by atoms with Crippen LogP contribution in [-0.2, 0) is 0 Å². The summed E-state index contributed by atoms with van der Waals surface area (Å²) in [5.74, 6) is 0. The van der Waals surface area contributed by atoms with E-state index in [0.717, 1.165) is 61.3 Å². The minimum absolute atomic E-state index is 0.902. The first kappa shape index (κ1) is 36.8. The van der Waals surface area contributed by atoms with Gasteiger partial charge in [-0.15, -0.1) is 0 Å². The number of hydrogen-bond acceptors (Lipinski definition) is 2. The molecule has 0 aliphatic carbocycles. The first-order valence-corrected chi connectivity index (χ1v) is 21.2. The molecule has 0 aliphatic rings. The van der Waals surface area contributed by atoms with E-state index in [2.05, 4.69) is 241 Å². The van der Waals surface area contributed by atoms with Crippen LogP contribution in [0.15, 0.2) is 253 Å². The summed E-state index contributed by atoms with van der Waals surface area (Å²) in [6, 6.07) is 89.1. The highest BCUT2D eigenvalue weighted by Gasteiger charge is 2.19. The van der Waals surface area contributed by atoms with Crippen LogP contribution in [0.4, 0.5) is 17.1 Å². The van der Waals surface area contributed by atoms with E-state index in [1.165, 1.54) is 44.5 Å². The topological polar surface area (TPSA) is 16.4 Å². The molecule has 11 rings (SSSR count). The molecule has 0 amide bonds. The fourth-order valence-electron chi connectivity index (χ4n) is 8.97. The third kappa shape index (κ3) is 6.84. The number of fused-ring (bicyclic) bond motifs is 3. The Morgan fingerprint density at radius 2 is 0.629 bits per heavy atom. The fraction of sp³-hybridized carbons (Fsp3) is 0. The van der Waals surface area contributed by atoms with E-state index in [1.807, 2.05) is 12.1 Å². The van der Waals surface area contributed by atoms with Gasteiger partial charge in [0, 0.05) is 27.7 Å². The summed E-state index contributed by atoms with van der Waals surface area (Å²) in [6.45, 7) is 0. The van der Waals surface area contributed by atoms with Gasteiger partial charge in [0.15, 0.2) is 0 Å². The number of nitrogens with zero attached hydrogens (tertiary/aromatic N) is 1. The summed E-state index contributed by atoms with van der Waals surface area (Å²) in [5.41, 5.74) is 19.3. The molecule has 0 unspecified atom stereocenters. The number of benzene rings is 10. The molecular formula is C60H41NO. The van der Waals surface area contributed by atoms with Crippen molar-refractivity contribution in [1.82, 2.24) is 0 Å². The lowest BCUT2D eigenvalue weighted by Gasteiger charge is -2.28. The second-order valence-electron chi connectivity index (χ2n) is 15.6. The molecule has 0 fully saturated rings. The van der Waals surface area contributed by atoms with Gasteiger partial charge in [-0.1, -0.05) is 200 Å². The Bertz CT molecular complexity index is 3330. The summed E-state index contributed by atoms with van der Waals surface area (Å²) in [5, 5.41) is 2.26. The Labute approximate surface area is 362 Å². The molecule has 1 aromatic heterocycles. The molecule has 62 heavy (non-hydrogen) atoms. The molecule has 0 saturated heterocycles. The van der Waals surface area contributed by atoms with Gasteiger partial charge in [0.2, 0.25) is 0 Å². The maximum atomic E-state index is 6.14. The average molecular weight is 792 g/mol. The molecule has 0 atom stereocenters. The molecule has 0 saturated carbocycles. The molecule has 1 heterocycles. The van der Waals surface area contributed by atoms with Gasteiger partial charge in [0.1, 0.15) is 11.2 Å². The molecule has 0 aliphatic heterocycles. The van der Waals surface area contributed by atoms with Crippen molar-refractivity contribution >= 4 is 39.0 Å². The lowest BCUT2D eigenvalue weighted by Crippen LogP contribution is -2.11. The predicted octanol–water partition coefficient (Wildman–Crippen LogP) is 17.1. The largest absolute Gasteiger partial charge is 0.456 e. The molecule has 2 nitrogen and oxygen atoms in total. The highest BCUT2D eigenvalue weighted by atomic mass is 16.3. The number of anilines is 3. The molecule has 0 N–H and O–H groups in total. The van der Waals surface area contributed by atoms with Crippen LogP contribution in [0.5, 0.6) is 0 Å². The third-order valence-corrected chi connectivity index (χ3v) is 11.9. The van der Waals surface area contributed by atoms with Gasteiger partial charge in [-0.25, -0.2) is 0 Å². The van der Waals surface area contributed by atoms with Gasteiger partial charge in [-0.3, -0.25) is 0 Å². The Morgan fingerprint density at radius 1 is 0.242 bits per heavy atom. The van der Waals surface area contributed by atoms with Crippen LogP contribution >= 0.6 is 0 Å². The first-order valence-electron chi connectivity index (χ1n) is 21.2. The maximum Gasteiger partial charge on any atom is 0.135 e. The van der Waals surface area contributed by atoms with Crippen molar-refractivity contribution in [3.05, 3.63) is 249 Å². The molecular weight excluding hydrogens is 751 g/mol.